The maximum atomic E-state index is 5.51. The highest BCUT2D eigenvalue weighted by Crippen LogP contribution is 2.33. The average molecular weight is 294 g/mol. The smallest absolute Gasteiger partial charge is 0.163 e. The first-order chi connectivity index (χ1) is 10.2. The van der Waals surface area contributed by atoms with E-state index in [1.807, 2.05) is 0 Å². The fourth-order valence-corrected chi connectivity index (χ4v) is 3.47. The van der Waals surface area contributed by atoms with Crippen LogP contribution in [0.4, 0.5) is 0 Å². The molecule has 2 rings (SSSR count). The number of benzene rings is 1. The van der Waals surface area contributed by atoms with Crippen LogP contribution in [0.3, 0.4) is 0 Å². The fourth-order valence-electron chi connectivity index (χ4n) is 3.47. The van der Waals surface area contributed by atoms with Crippen molar-refractivity contribution >= 4 is 0 Å². The predicted octanol–water partition coefficient (Wildman–Crippen LogP) is 0.527. The van der Waals surface area contributed by atoms with Gasteiger partial charge in [-0.25, -0.2) is 0 Å². The topological polar surface area (TPSA) is 39.5 Å². The highest BCUT2D eigenvalue weighted by Gasteiger charge is 2.32. The Balaban J connectivity index is 2.36. The maximum Gasteiger partial charge on any atom is 0.163 e. The van der Waals surface area contributed by atoms with Gasteiger partial charge < -0.3 is 19.7 Å². The molecule has 3 N–H and O–H groups in total. The van der Waals surface area contributed by atoms with E-state index in [0.29, 0.717) is 6.04 Å². The minimum Gasteiger partial charge on any atom is -0.493 e. The van der Waals surface area contributed by atoms with Crippen molar-refractivity contribution in [2.45, 2.75) is 39.3 Å². The summed E-state index contributed by atoms with van der Waals surface area (Å²) in [6, 6.07) is 4.93. The third-order valence-electron chi connectivity index (χ3n) is 4.42. The molecule has 0 aliphatic carbocycles. The lowest BCUT2D eigenvalue weighted by molar-refractivity contribution is -0.948. The number of methoxy groups -OCH3 is 2. The first-order valence-corrected chi connectivity index (χ1v) is 8.16. The maximum absolute atomic E-state index is 5.51. The molecule has 118 valence electrons. The van der Waals surface area contributed by atoms with E-state index in [0.717, 1.165) is 24.6 Å². The van der Waals surface area contributed by atoms with Gasteiger partial charge in [0.05, 0.1) is 27.3 Å². The molecule has 0 spiro atoms. The van der Waals surface area contributed by atoms with Crippen molar-refractivity contribution in [3.8, 4) is 11.5 Å². The Bertz CT molecular complexity index is 456. The molecule has 1 heterocycles. The molecule has 0 fully saturated rings. The van der Waals surface area contributed by atoms with E-state index >= 15 is 0 Å². The predicted molar refractivity (Wildman–Crippen MR) is 84.1 cm³/mol. The van der Waals surface area contributed by atoms with Crippen LogP contribution in [0.15, 0.2) is 12.1 Å². The van der Waals surface area contributed by atoms with E-state index in [2.05, 4.69) is 31.3 Å². The zero-order chi connectivity index (χ0) is 15.2. The van der Waals surface area contributed by atoms with Crippen LogP contribution in [-0.2, 0) is 6.54 Å². The molecule has 21 heavy (non-hydrogen) atoms. The van der Waals surface area contributed by atoms with Gasteiger partial charge in [-0.15, -0.1) is 0 Å². The van der Waals surface area contributed by atoms with Crippen molar-refractivity contribution in [1.82, 2.24) is 0 Å². The van der Waals surface area contributed by atoms with Gasteiger partial charge in [0.1, 0.15) is 13.1 Å². The van der Waals surface area contributed by atoms with Gasteiger partial charge in [-0.1, -0.05) is 13.8 Å². The molecule has 1 aromatic rings. The summed E-state index contributed by atoms with van der Waals surface area (Å²) in [4.78, 5) is 1.70. The van der Waals surface area contributed by atoms with Crippen LogP contribution in [-0.4, -0.2) is 33.9 Å². The number of hydrogen-bond donors (Lipinski definition) is 2. The van der Waals surface area contributed by atoms with Gasteiger partial charge in [0, 0.05) is 11.1 Å². The van der Waals surface area contributed by atoms with Gasteiger partial charge in [0.15, 0.2) is 17.5 Å². The summed E-state index contributed by atoms with van der Waals surface area (Å²) in [5, 5.41) is 2.42. The zero-order valence-corrected chi connectivity index (χ0v) is 13.9. The molecule has 1 aliphatic rings. The van der Waals surface area contributed by atoms with Gasteiger partial charge in [-0.05, 0) is 25.0 Å². The summed E-state index contributed by atoms with van der Waals surface area (Å²) in [6.45, 7) is 9.23. The molecule has 1 aromatic carbocycles. The third kappa shape index (κ3) is 3.50. The highest BCUT2D eigenvalue weighted by molar-refractivity contribution is 5.48. The quantitative estimate of drug-likeness (QED) is 0.770. The van der Waals surface area contributed by atoms with Gasteiger partial charge in [-0.3, -0.25) is 0 Å². The lowest BCUT2D eigenvalue weighted by Gasteiger charge is -2.32. The monoisotopic (exact) mass is 294 g/mol. The minimum atomic E-state index is 0.563. The Kier molecular flexibility index (Phi) is 5.88. The van der Waals surface area contributed by atoms with E-state index in [1.165, 1.54) is 37.1 Å². The van der Waals surface area contributed by atoms with Gasteiger partial charge in [0.2, 0.25) is 0 Å². The van der Waals surface area contributed by atoms with Crippen molar-refractivity contribution < 1.29 is 19.7 Å². The Morgan fingerprint density at radius 3 is 2.29 bits per heavy atom. The van der Waals surface area contributed by atoms with Crippen molar-refractivity contribution in [2.24, 2.45) is 0 Å². The normalized spacial score (nSPS) is 17.7. The van der Waals surface area contributed by atoms with Crippen molar-refractivity contribution in [3.63, 3.8) is 0 Å². The molecule has 0 bridgehead atoms. The van der Waals surface area contributed by atoms with Gasteiger partial charge in [-0.2, -0.15) is 0 Å². The van der Waals surface area contributed by atoms with Crippen LogP contribution in [0.1, 0.15) is 43.9 Å². The molecule has 0 aromatic heterocycles. The van der Waals surface area contributed by atoms with Crippen molar-refractivity contribution in [1.29, 1.82) is 0 Å². The molecule has 0 saturated heterocycles. The highest BCUT2D eigenvalue weighted by atomic mass is 16.5. The fraction of sp³-hybridized carbons (Fsp3) is 0.647. The Hall–Kier alpha value is -1.26. The summed E-state index contributed by atoms with van der Waals surface area (Å²) in [6.07, 6.45) is 2.46. The van der Waals surface area contributed by atoms with Crippen molar-refractivity contribution in [2.75, 3.05) is 33.9 Å². The minimum absolute atomic E-state index is 0.563. The third-order valence-corrected chi connectivity index (χ3v) is 4.42. The summed E-state index contributed by atoms with van der Waals surface area (Å²) in [5.41, 5.74) is 2.85. The zero-order valence-electron chi connectivity index (χ0n) is 13.9. The van der Waals surface area contributed by atoms with Crippen LogP contribution in [0.25, 0.3) is 0 Å². The second-order valence-electron chi connectivity index (χ2n) is 5.85. The van der Waals surface area contributed by atoms with Gasteiger partial charge >= 0.3 is 0 Å². The standard InChI is InChI=1S/C17H28N2O2/c1-5-7-19(8-6-2)15-12-18-11-13-9-16(20-3)17(21-4)10-14(13)15/h9-10,15,18H,5-8,11-12H2,1-4H3/p+2/t15-/m0/s1. The second-order valence-corrected chi connectivity index (χ2v) is 5.85. The SMILES string of the molecule is CCC[NH+](CCC)[C@H]1C[NH2+]Cc2cc(OC)c(OC)cc21. The van der Waals surface area contributed by atoms with Crippen LogP contribution < -0.4 is 19.7 Å². The van der Waals surface area contributed by atoms with Crippen LogP contribution in [0.2, 0.25) is 0 Å². The summed E-state index contributed by atoms with van der Waals surface area (Å²) in [5.74, 6) is 1.70. The molecule has 0 unspecified atom stereocenters. The first-order valence-electron chi connectivity index (χ1n) is 8.16. The lowest BCUT2D eigenvalue weighted by Crippen LogP contribution is -3.15. The lowest BCUT2D eigenvalue weighted by atomic mass is 9.94. The Labute approximate surface area is 128 Å². The van der Waals surface area contributed by atoms with E-state index in [9.17, 15) is 0 Å². The van der Waals surface area contributed by atoms with E-state index in [-0.39, 0.29) is 0 Å². The Morgan fingerprint density at radius 1 is 1.10 bits per heavy atom. The largest absolute Gasteiger partial charge is 0.493 e. The molecule has 4 heteroatoms. The molecule has 1 aliphatic heterocycles. The summed E-state index contributed by atoms with van der Waals surface area (Å²) < 4.78 is 11.0. The number of quaternary nitrogens is 2. The van der Waals surface area contributed by atoms with Crippen LogP contribution >= 0.6 is 0 Å². The second kappa shape index (κ2) is 7.66. The van der Waals surface area contributed by atoms with Crippen LogP contribution in [0, 0.1) is 0 Å². The number of fused-ring (bicyclic) bond motifs is 1. The molecule has 0 saturated carbocycles. The molecule has 0 amide bonds. The van der Waals surface area contributed by atoms with Crippen molar-refractivity contribution in [3.05, 3.63) is 23.3 Å². The number of nitrogens with two attached hydrogens (primary N) is 1. The summed E-state index contributed by atoms with van der Waals surface area (Å²) >= 11 is 0. The van der Waals surface area contributed by atoms with Gasteiger partial charge in [0.25, 0.3) is 0 Å². The first kappa shape index (κ1) is 16.1. The van der Waals surface area contributed by atoms with E-state index in [1.54, 1.807) is 19.1 Å². The molecule has 1 atom stereocenters. The molecular formula is C17H30N2O2+2. The van der Waals surface area contributed by atoms with E-state index in [4.69, 9.17) is 9.47 Å². The number of hydrogen-bond acceptors (Lipinski definition) is 2. The number of nitrogens with one attached hydrogen (secondary N) is 1. The number of rotatable bonds is 7. The average Bonchev–Trinajstić information content (AvgIpc) is 2.52. The molecule has 4 nitrogen and oxygen atoms in total. The van der Waals surface area contributed by atoms with Crippen LogP contribution in [0.5, 0.6) is 11.5 Å². The molecule has 0 radical (unpaired) electrons. The Morgan fingerprint density at radius 2 is 1.71 bits per heavy atom. The number of ether oxygens (including phenoxy) is 2. The van der Waals surface area contributed by atoms with E-state index < -0.39 is 0 Å². The summed E-state index contributed by atoms with van der Waals surface area (Å²) in [7, 11) is 3.43. The molecular weight excluding hydrogens is 264 g/mol.